The van der Waals surface area contributed by atoms with Crippen LogP contribution >= 0.6 is 0 Å². The fourth-order valence-electron chi connectivity index (χ4n) is 0.440. The van der Waals surface area contributed by atoms with Gasteiger partial charge in [-0.25, -0.2) is 0 Å². The Kier molecular flexibility index (Phi) is 28.8. The zero-order valence-corrected chi connectivity index (χ0v) is 19.9. The van der Waals surface area contributed by atoms with E-state index in [4.69, 9.17) is 24.5 Å². The molecule has 1 aliphatic heterocycles. The van der Waals surface area contributed by atoms with Crippen LogP contribution in [0.5, 0.6) is 0 Å². The maximum absolute atomic E-state index is 8.33. The molecule has 12 heavy (non-hydrogen) atoms. The largest absolute Gasteiger partial charge is 1.00 e. The monoisotopic (exact) mass is 414 g/mol. The molecule has 0 bridgehead atoms. The minimum absolute atomic E-state index is 0. The topological polar surface area (TPSA) is 81.7 Å². The van der Waals surface area contributed by atoms with E-state index in [0.717, 1.165) is 26.4 Å². The molecular weight excluding hydrogens is 406 g/mol. The molecule has 1 aliphatic rings. The summed E-state index contributed by atoms with van der Waals surface area (Å²) in [6.45, 7) is 3.11. The van der Waals surface area contributed by atoms with E-state index in [1.165, 1.54) is 0 Å². The molecule has 0 amide bonds. The van der Waals surface area contributed by atoms with Gasteiger partial charge in [0.15, 0.2) is 0 Å². The standard InChI is InChI=1S/C4H8O2.CH2O3.2Cs/c1-2-6-4-3-5-1;2-1(3)4;;/h1-4H2;(H2,2,3,4);;/q;;2*+1/p-2. The molecule has 1 heterocycles. The Morgan fingerprint density at radius 2 is 1.08 bits per heavy atom. The van der Waals surface area contributed by atoms with Gasteiger partial charge in [-0.05, 0) is 6.16 Å². The summed E-state index contributed by atoms with van der Waals surface area (Å²) < 4.78 is 9.89. The average Bonchev–Trinajstić information content (AvgIpc) is 1.90. The van der Waals surface area contributed by atoms with E-state index in [1.54, 1.807) is 0 Å². The molecule has 60 valence electrons. The van der Waals surface area contributed by atoms with Crippen LogP contribution in [-0.2, 0) is 9.47 Å². The first-order chi connectivity index (χ1) is 4.73. The smallest absolute Gasteiger partial charge is 0.652 e. The summed E-state index contributed by atoms with van der Waals surface area (Å²) in [6, 6.07) is 0. The van der Waals surface area contributed by atoms with Crippen molar-refractivity contribution < 1.29 is 162 Å². The maximum Gasteiger partial charge on any atom is 1.00 e. The first-order valence-corrected chi connectivity index (χ1v) is 2.77. The molecule has 5 nitrogen and oxygen atoms in total. The third kappa shape index (κ3) is 23.3. The van der Waals surface area contributed by atoms with E-state index >= 15 is 0 Å². The van der Waals surface area contributed by atoms with Crippen molar-refractivity contribution in [3.8, 4) is 0 Å². The van der Waals surface area contributed by atoms with Crippen LogP contribution in [0, 0.1) is 0 Å². The molecule has 0 aromatic rings. The van der Waals surface area contributed by atoms with E-state index in [-0.39, 0.29) is 138 Å². The van der Waals surface area contributed by atoms with E-state index in [2.05, 4.69) is 0 Å². The Bertz CT molecular complexity index is 80.3. The van der Waals surface area contributed by atoms with Gasteiger partial charge in [0.05, 0.1) is 26.4 Å². The van der Waals surface area contributed by atoms with Gasteiger partial charge in [0.25, 0.3) is 0 Å². The number of ether oxygens (including phenoxy) is 2. The number of hydrogen-bond acceptors (Lipinski definition) is 5. The number of hydrogen-bond donors (Lipinski definition) is 0. The van der Waals surface area contributed by atoms with Crippen molar-refractivity contribution >= 4 is 6.16 Å². The second kappa shape index (κ2) is 16.7. The van der Waals surface area contributed by atoms with E-state index < -0.39 is 6.16 Å². The van der Waals surface area contributed by atoms with Gasteiger partial charge < -0.3 is 24.5 Å². The first-order valence-electron chi connectivity index (χ1n) is 2.77. The van der Waals surface area contributed by atoms with Crippen molar-refractivity contribution in [2.24, 2.45) is 0 Å². The Labute approximate surface area is 189 Å². The molecule has 0 N–H and O–H groups in total. The van der Waals surface area contributed by atoms with Crippen molar-refractivity contribution in [1.82, 2.24) is 0 Å². The van der Waals surface area contributed by atoms with Crippen LogP contribution in [0.15, 0.2) is 0 Å². The molecule has 1 saturated heterocycles. The molecule has 1 fully saturated rings. The summed E-state index contributed by atoms with van der Waals surface area (Å²) in [5.74, 6) is 0. The van der Waals surface area contributed by atoms with E-state index in [0.29, 0.717) is 0 Å². The van der Waals surface area contributed by atoms with Gasteiger partial charge in [-0.15, -0.1) is 0 Å². The summed E-state index contributed by atoms with van der Waals surface area (Å²) in [5.41, 5.74) is 0. The quantitative estimate of drug-likeness (QED) is 0.394. The molecule has 0 saturated carbocycles. The summed E-state index contributed by atoms with van der Waals surface area (Å²) in [4.78, 5) is 8.33. The minimum Gasteiger partial charge on any atom is -0.652 e. The van der Waals surface area contributed by atoms with Gasteiger partial charge in [-0.2, -0.15) is 0 Å². The molecule has 0 aromatic carbocycles. The fourth-order valence-corrected chi connectivity index (χ4v) is 0.440. The Balaban J connectivity index is -0.000000124. The van der Waals surface area contributed by atoms with Crippen LogP contribution < -0.4 is 148 Å². The minimum atomic E-state index is -2.33. The predicted octanol–water partition coefficient (Wildman–Crippen LogP) is -8.41. The number of carbonyl (C=O) groups excluding carboxylic acids is 1. The molecular formula is C5H8Cs2O5. The number of carboxylic acid groups (broad SMARTS) is 2. The molecule has 1 rings (SSSR count). The van der Waals surface area contributed by atoms with Crippen LogP contribution in [0.4, 0.5) is 4.79 Å². The van der Waals surface area contributed by atoms with Crippen molar-refractivity contribution in [2.75, 3.05) is 26.4 Å². The van der Waals surface area contributed by atoms with Gasteiger partial charge in [-0.1, -0.05) is 0 Å². The zero-order valence-electron chi connectivity index (χ0n) is 7.37. The van der Waals surface area contributed by atoms with Crippen molar-refractivity contribution in [3.63, 3.8) is 0 Å². The van der Waals surface area contributed by atoms with Crippen molar-refractivity contribution in [2.45, 2.75) is 0 Å². The van der Waals surface area contributed by atoms with Crippen LogP contribution in [0.2, 0.25) is 0 Å². The number of rotatable bonds is 0. The van der Waals surface area contributed by atoms with E-state index in [9.17, 15) is 0 Å². The average molecular weight is 414 g/mol. The maximum atomic E-state index is 8.33. The molecule has 0 radical (unpaired) electrons. The second-order valence-corrected chi connectivity index (χ2v) is 1.47. The number of carbonyl (C=O) groups is 1. The van der Waals surface area contributed by atoms with Crippen LogP contribution in [0.25, 0.3) is 0 Å². The molecule has 0 aliphatic carbocycles. The zero-order chi connectivity index (χ0) is 7.82. The Morgan fingerprint density at radius 1 is 0.917 bits per heavy atom. The summed E-state index contributed by atoms with van der Waals surface area (Å²) in [6.07, 6.45) is -2.33. The van der Waals surface area contributed by atoms with Gasteiger partial charge >= 0.3 is 138 Å². The Hall–Kier alpha value is 3.29. The van der Waals surface area contributed by atoms with Gasteiger partial charge in [0, 0.05) is 0 Å². The fraction of sp³-hybridized carbons (Fsp3) is 0.800. The van der Waals surface area contributed by atoms with Crippen molar-refractivity contribution in [1.29, 1.82) is 0 Å². The third-order valence-electron chi connectivity index (χ3n) is 0.744. The summed E-state index contributed by atoms with van der Waals surface area (Å²) in [5, 5.41) is 16.7. The molecule has 0 spiro atoms. The van der Waals surface area contributed by atoms with Gasteiger partial charge in [0.1, 0.15) is 0 Å². The molecule has 7 heteroatoms. The third-order valence-corrected chi connectivity index (χ3v) is 0.744. The normalized spacial score (nSPS) is 14.0. The van der Waals surface area contributed by atoms with Gasteiger partial charge in [-0.3, -0.25) is 0 Å². The van der Waals surface area contributed by atoms with Gasteiger partial charge in [0.2, 0.25) is 0 Å². The van der Waals surface area contributed by atoms with Crippen molar-refractivity contribution in [3.05, 3.63) is 0 Å². The predicted molar refractivity (Wildman–Crippen MR) is 27.0 cm³/mol. The SMILES string of the molecule is C1COCCO1.O=C([O-])[O-].[Cs+].[Cs+]. The Morgan fingerprint density at radius 3 is 1.17 bits per heavy atom. The first kappa shape index (κ1) is 20.7. The molecule has 0 unspecified atom stereocenters. The summed E-state index contributed by atoms with van der Waals surface area (Å²) >= 11 is 0. The molecule has 0 aromatic heterocycles. The van der Waals surface area contributed by atoms with Crippen LogP contribution in [0.3, 0.4) is 0 Å². The van der Waals surface area contributed by atoms with Crippen LogP contribution in [0.1, 0.15) is 0 Å². The van der Waals surface area contributed by atoms with Crippen LogP contribution in [-0.4, -0.2) is 32.6 Å². The molecule has 0 atom stereocenters. The summed E-state index contributed by atoms with van der Waals surface area (Å²) in [7, 11) is 0. The second-order valence-electron chi connectivity index (χ2n) is 1.47. The van der Waals surface area contributed by atoms with E-state index in [1.807, 2.05) is 0 Å².